The Kier molecular flexibility index (Phi) is 3.62. The van der Waals surface area contributed by atoms with Crippen molar-refractivity contribution >= 4 is 5.69 Å². The lowest BCUT2D eigenvalue weighted by molar-refractivity contribution is 0.0876. The number of nitrogens with one attached hydrogen (secondary N) is 1. The molecule has 88 valence electrons. The van der Waals surface area contributed by atoms with Crippen molar-refractivity contribution in [2.24, 2.45) is 0 Å². The predicted molar refractivity (Wildman–Crippen MR) is 60.4 cm³/mol. The zero-order valence-electron chi connectivity index (χ0n) is 9.33. The molecule has 1 saturated heterocycles. The van der Waals surface area contributed by atoms with Crippen molar-refractivity contribution in [2.75, 3.05) is 25.6 Å². The van der Waals surface area contributed by atoms with E-state index in [0.29, 0.717) is 6.61 Å². The molecule has 0 radical (unpaired) electrons. The van der Waals surface area contributed by atoms with Crippen molar-refractivity contribution in [1.82, 2.24) is 0 Å². The summed E-state index contributed by atoms with van der Waals surface area (Å²) in [5, 5.41) is 3.25. The maximum Gasteiger partial charge on any atom is 0.167 e. The van der Waals surface area contributed by atoms with E-state index in [4.69, 9.17) is 9.47 Å². The van der Waals surface area contributed by atoms with Gasteiger partial charge in [-0.05, 0) is 25.0 Å². The van der Waals surface area contributed by atoms with Gasteiger partial charge in [-0.2, -0.15) is 0 Å². The molecule has 1 unspecified atom stereocenters. The molecule has 0 bridgehead atoms. The summed E-state index contributed by atoms with van der Waals surface area (Å²) in [4.78, 5) is 0. The highest BCUT2D eigenvalue weighted by Crippen LogP contribution is 2.22. The fourth-order valence-electron chi connectivity index (χ4n) is 1.85. The molecule has 0 aromatic heterocycles. The van der Waals surface area contributed by atoms with Crippen LogP contribution < -0.4 is 10.1 Å². The first-order chi connectivity index (χ1) is 7.79. The van der Waals surface area contributed by atoms with Crippen molar-refractivity contribution < 1.29 is 13.9 Å². The molecule has 1 atom stereocenters. The quantitative estimate of drug-likeness (QED) is 0.857. The van der Waals surface area contributed by atoms with Gasteiger partial charge in [0.15, 0.2) is 11.6 Å². The average Bonchev–Trinajstić information content (AvgIpc) is 2.31. The van der Waals surface area contributed by atoms with E-state index in [1.165, 1.54) is 13.2 Å². The molecule has 1 aromatic carbocycles. The van der Waals surface area contributed by atoms with Gasteiger partial charge in [0, 0.05) is 24.4 Å². The second-order valence-electron chi connectivity index (χ2n) is 3.91. The molecule has 1 aromatic rings. The van der Waals surface area contributed by atoms with Gasteiger partial charge in [0.2, 0.25) is 0 Å². The molecule has 1 aliphatic heterocycles. The summed E-state index contributed by atoms with van der Waals surface area (Å²) in [6, 6.07) is 5.17. The standard InChI is InChI=1S/C12H16FNO2/c1-15-12-5-4-9(7-11(12)13)14-10-3-2-6-16-8-10/h4-5,7,10,14H,2-3,6,8H2,1H3. The Morgan fingerprint density at radius 1 is 1.50 bits per heavy atom. The number of rotatable bonds is 3. The second-order valence-corrected chi connectivity index (χ2v) is 3.91. The Morgan fingerprint density at radius 2 is 2.38 bits per heavy atom. The zero-order chi connectivity index (χ0) is 11.4. The fourth-order valence-corrected chi connectivity index (χ4v) is 1.85. The third kappa shape index (κ3) is 2.64. The maximum absolute atomic E-state index is 13.4. The van der Waals surface area contributed by atoms with E-state index in [1.807, 2.05) is 6.07 Å². The molecule has 0 saturated carbocycles. The van der Waals surface area contributed by atoms with Crippen LogP contribution >= 0.6 is 0 Å². The van der Waals surface area contributed by atoms with Crippen molar-refractivity contribution in [1.29, 1.82) is 0 Å². The number of anilines is 1. The largest absolute Gasteiger partial charge is 0.494 e. The maximum atomic E-state index is 13.4. The summed E-state index contributed by atoms with van der Waals surface area (Å²) < 4.78 is 23.6. The Labute approximate surface area is 94.6 Å². The zero-order valence-corrected chi connectivity index (χ0v) is 9.33. The summed E-state index contributed by atoms with van der Waals surface area (Å²) in [7, 11) is 1.46. The van der Waals surface area contributed by atoms with Crippen molar-refractivity contribution in [3.05, 3.63) is 24.0 Å². The van der Waals surface area contributed by atoms with Gasteiger partial charge in [-0.3, -0.25) is 0 Å². The van der Waals surface area contributed by atoms with Gasteiger partial charge in [0.05, 0.1) is 13.7 Å². The minimum atomic E-state index is -0.343. The monoisotopic (exact) mass is 225 g/mol. The molecule has 1 N–H and O–H groups in total. The highest BCUT2D eigenvalue weighted by Gasteiger charge is 2.14. The van der Waals surface area contributed by atoms with Crippen LogP contribution in [0.1, 0.15) is 12.8 Å². The van der Waals surface area contributed by atoms with E-state index in [0.717, 1.165) is 25.1 Å². The number of benzene rings is 1. The predicted octanol–water partition coefficient (Wildman–Crippen LogP) is 2.43. The first-order valence-corrected chi connectivity index (χ1v) is 5.47. The topological polar surface area (TPSA) is 30.5 Å². The number of hydrogen-bond acceptors (Lipinski definition) is 3. The number of methoxy groups -OCH3 is 1. The summed E-state index contributed by atoms with van der Waals surface area (Å²) in [5.41, 5.74) is 0.772. The van der Waals surface area contributed by atoms with Crippen molar-refractivity contribution in [2.45, 2.75) is 18.9 Å². The van der Waals surface area contributed by atoms with Gasteiger partial charge in [-0.15, -0.1) is 0 Å². The molecule has 1 fully saturated rings. The Bertz CT molecular complexity index is 351. The third-order valence-corrected chi connectivity index (χ3v) is 2.68. The molecular weight excluding hydrogens is 209 g/mol. The van der Waals surface area contributed by atoms with Crippen LogP contribution in [0, 0.1) is 5.82 Å². The Balaban J connectivity index is 2.01. The molecule has 0 aliphatic carbocycles. The van der Waals surface area contributed by atoms with E-state index in [9.17, 15) is 4.39 Å². The van der Waals surface area contributed by atoms with Crippen molar-refractivity contribution in [3.63, 3.8) is 0 Å². The van der Waals surface area contributed by atoms with Gasteiger partial charge in [0.25, 0.3) is 0 Å². The van der Waals surface area contributed by atoms with Gasteiger partial charge in [-0.25, -0.2) is 4.39 Å². The highest BCUT2D eigenvalue weighted by atomic mass is 19.1. The second kappa shape index (κ2) is 5.16. The molecule has 0 amide bonds. The molecule has 16 heavy (non-hydrogen) atoms. The van der Waals surface area contributed by atoms with Crippen LogP contribution in [-0.4, -0.2) is 26.4 Å². The van der Waals surface area contributed by atoms with E-state index < -0.39 is 0 Å². The summed E-state index contributed by atoms with van der Waals surface area (Å²) in [6.07, 6.45) is 2.12. The third-order valence-electron chi connectivity index (χ3n) is 2.68. The molecule has 4 heteroatoms. The van der Waals surface area contributed by atoms with Gasteiger partial charge in [0.1, 0.15) is 0 Å². The van der Waals surface area contributed by atoms with E-state index >= 15 is 0 Å². The first-order valence-electron chi connectivity index (χ1n) is 5.47. The van der Waals surface area contributed by atoms with Crippen LogP contribution in [-0.2, 0) is 4.74 Å². The minimum Gasteiger partial charge on any atom is -0.494 e. The minimum absolute atomic E-state index is 0.269. The van der Waals surface area contributed by atoms with Gasteiger partial charge in [-0.1, -0.05) is 0 Å². The van der Waals surface area contributed by atoms with E-state index in [2.05, 4.69) is 5.32 Å². The Morgan fingerprint density at radius 3 is 3.00 bits per heavy atom. The van der Waals surface area contributed by atoms with Crippen LogP contribution in [0.4, 0.5) is 10.1 Å². The van der Waals surface area contributed by atoms with Crippen LogP contribution in [0.5, 0.6) is 5.75 Å². The van der Waals surface area contributed by atoms with Crippen LogP contribution in [0.25, 0.3) is 0 Å². The van der Waals surface area contributed by atoms with Gasteiger partial charge < -0.3 is 14.8 Å². The molecule has 2 rings (SSSR count). The number of ether oxygens (including phenoxy) is 2. The van der Waals surface area contributed by atoms with E-state index in [-0.39, 0.29) is 17.6 Å². The van der Waals surface area contributed by atoms with E-state index in [1.54, 1.807) is 6.07 Å². The first kappa shape index (κ1) is 11.2. The summed E-state index contributed by atoms with van der Waals surface area (Å²) in [5.74, 6) is -0.0744. The van der Waals surface area contributed by atoms with Crippen LogP contribution in [0.2, 0.25) is 0 Å². The molecule has 1 heterocycles. The average molecular weight is 225 g/mol. The lowest BCUT2D eigenvalue weighted by Crippen LogP contribution is -2.29. The number of hydrogen-bond donors (Lipinski definition) is 1. The smallest absolute Gasteiger partial charge is 0.167 e. The fraction of sp³-hybridized carbons (Fsp3) is 0.500. The summed E-state index contributed by atoms with van der Waals surface area (Å²) >= 11 is 0. The lowest BCUT2D eigenvalue weighted by atomic mass is 10.1. The van der Waals surface area contributed by atoms with Crippen LogP contribution in [0.3, 0.4) is 0 Å². The molecule has 1 aliphatic rings. The highest BCUT2D eigenvalue weighted by molar-refractivity contribution is 5.48. The normalized spacial score (nSPS) is 20.5. The lowest BCUT2D eigenvalue weighted by Gasteiger charge is -2.24. The molecule has 0 spiro atoms. The number of halogens is 1. The molecule has 3 nitrogen and oxygen atoms in total. The van der Waals surface area contributed by atoms with Crippen LogP contribution in [0.15, 0.2) is 18.2 Å². The summed E-state index contributed by atoms with van der Waals surface area (Å²) in [6.45, 7) is 1.52. The molecular formula is C12H16FNO2. The van der Waals surface area contributed by atoms with Gasteiger partial charge >= 0.3 is 0 Å². The Hall–Kier alpha value is -1.29. The SMILES string of the molecule is COc1ccc(NC2CCCOC2)cc1F. The van der Waals surface area contributed by atoms with Crippen molar-refractivity contribution in [3.8, 4) is 5.75 Å².